The van der Waals surface area contributed by atoms with Crippen molar-refractivity contribution in [2.24, 2.45) is 11.1 Å². The van der Waals surface area contributed by atoms with Crippen molar-refractivity contribution in [3.05, 3.63) is 0 Å². The molecule has 2 aliphatic rings. The molecule has 1 aliphatic carbocycles. The lowest BCUT2D eigenvalue weighted by molar-refractivity contribution is 0.127. The van der Waals surface area contributed by atoms with Gasteiger partial charge in [0.25, 0.3) is 0 Å². The maximum atomic E-state index is 6.26. The van der Waals surface area contributed by atoms with Crippen LogP contribution >= 0.6 is 11.8 Å². The van der Waals surface area contributed by atoms with Crippen LogP contribution in [0.3, 0.4) is 0 Å². The summed E-state index contributed by atoms with van der Waals surface area (Å²) >= 11 is 2.10. The Kier molecular flexibility index (Phi) is 3.87. The van der Waals surface area contributed by atoms with Crippen LogP contribution in [0.5, 0.6) is 0 Å². The van der Waals surface area contributed by atoms with E-state index < -0.39 is 0 Å². The maximum Gasteiger partial charge on any atom is 0.0666 e. The van der Waals surface area contributed by atoms with Gasteiger partial charge in [0.05, 0.1) is 6.10 Å². The molecule has 4 unspecified atom stereocenters. The number of hydrogen-bond acceptors (Lipinski definition) is 3. The van der Waals surface area contributed by atoms with Crippen LogP contribution in [0.15, 0.2) is 0 Å². The van der Waals surface area contributed by atoms with Crippen LogP contribution in [-0.2, 0) is 4.74 Å². The fourth-order valence-corrected chi connectivity index (χ4v) is 4.67. The third-order valence-electron chi connectivity index (χ3n) is 4.04. The molecule has 0 spiro atoms. The standard InChI is InChI=1S/C13H25NOS/c1-9-11(5-7-15-9)16-12-8-13(2,3)6-4-10(12)14/h9-12H,4-8,14H2,1-3H3. The minimum Gasteiger partial charge on any atom is -0.377 e. The van der Waals surface area contributed by atoms with Crippen molar-refractivity contribution >= 4 is 11.8 Å². The lowest BCUT2D eigenvalue weighted by Crippen LogP contribution is -2.42. The maximum absolute atomic E-state index is 6.26. The Morgan fingerprint density at radius 2 is 2.00 bits per heavy atom. The van der Waals surface area contributed by atoms with Crippen molar-refractivity contribution in [2.45, 2.75) is 69.1 Å². The van der Waals surface area contributed by atoms with Crippen molar-refractivity contribution in [2.75, 3.05) is 6.61 Å². The molecular weight excluding hydrogens is 218 g/mol. The highest BCUT2D eigenvalue weighted by molar-refractivity contribution is 8.00. The Balaban J connectivity index is 1.92. The van der Waals surface area contributed by atoms with Gasteiger partial charge in [0, 0.05) is 23.1 Å². The monoisotopic (exact) mass is 243 g/mol. The summed E-state index contributed by atoms with van der Waals surface area (Å²) in [5.74, 6) is 0. The van der Waals surface area contributed by atoms with Crippen LogP contribution in [0.1, 0.15) is 46.5 Å². The first-order valence-electron chi connectivity index (χ1n) is 6.50. The van der Waals surface area contributed by atoms with E-state index in [0.717, 1.165) is 6.61 Å². The molecule has 1 saturated heterocycles. The van der Waals surface area contributed by atoms with E-state index in [4.69, 9.17) is 10.5 Å². The van der Waals surface area contributed by atoms with E-state index in [0.29, 0.717) is 28.1 Å². The Morgan fingerprint density at radius 1 is 1.25 bits per heavy atom. The van der Waals surface area contributed by atoms with Gasteiger partial charge in [-0.25, -0.2) is 0 Å². The number of nitrogens with two attached hydrogens (primary N) is 1. The third-order valence-corrected chi connectivity index (χ3v) is 5.88. The Hall–Kier alpha value is 0.270. The molecule has 0 amide bonds. The van der Waals surface area contributed by atoms with Gasteiger partial charge in [0.2, 0.25) is 0 Å². The molecular formula is C13H25NOS. The van der Waals surface area contributed by atoms with Gasteiger partial charge in [-0.1, -0.05) is 13.8 Å². The number of ether oxygens (including phenoxy) is 1. The SMILES string of the molecule is CC1OCCC1SC1CC(C)(C)CCC1N. The molecule has 16 heavy (non-hydrogen) atoms. The van der Waals surface area contributed by atoms with Gasteiger partial charge < -0.3 is 10.5 Å². The topological polar surface area (TPSA) is 35.2 Å². The second-order valence-corrected chi connectivity index (χ2v) is 7.63. The number of hydrogen-bond donors (Lipinski definition) is 1. The van der Waals surface area contributed by atoms with Crippen LogP contribution in [0.25, 0.3) is 0 Å². The molecule has 2 fully saturated rings. The van der Waals surface area contributed by atoms with Crippen LogP contribution in [0.2, 0.25) is 0 Å². The molecule has 1 saturated carbocycles. The summed E-state index contributed by atoms with van der Waals surface area (Å²) in [5.41, 5.74) is 6.74. The zero-order valence-electron chi connectivity index (χ0n) is 10.7. The van der Waals surface area contributed by atoms with Gasteiger partial charge in [0.1, 0.15) is 0 Å². The average molecular weight is 243 g/mol. The predicted molar refractivity (Wildman–Crippen MR) is 70.8 cm³/mol. The van der Waals surface area contributed by atoms with Gasteiger partial charge in [-0.05, 0) is 38.0 Å². The third kappa shape index (κ3) is 2.93. The smallest absolute Gasteiger partial charge is 0.0666 e. The molecule has 0 bridgehead atoms. The minimum absolute atomic E-state index is 0.394. The molecule has 0 aromatic heterocycles. The molecule has 0 aromatic carbocycles. The molecule has 1 aliphatic heterocycles. The van der Waals surface area contributed by atoms with Gasteiger partial charge in [0.15, 0.2) is 0 Å². The van der Waals surface area contributed by atoms with Crippen LogP contribution < -0.4 is 5.73 Å². The molecule has 0 aromatic rings. The van der Waals surface area contributed by atoms with Crippen molar-refractivity contribution in [1.29, 1.82) is 0 Å². The van der Waals surface area contributed by atoms with Gasteiger partial charge in [-0.3, -0.25) is 0 Å². The van der Waals surface area contributed by atoms with Crippen molar-refractivity contribution < 1.29 is 4.74 Å². The van der Waals surface area contributed by atoms with Gasteiger partial charge >= 0.3 is 0 Å². The first-order chi connectivity index (χ1) is 7.48. The van der Waals surface area contributed by atoms with E-state index in [1.165, 1.54) is 25.7 Å². The molecule has 2 rings (SSSR count). The van der Waals surface area contributed by atoms with E-state index >= 15 is 0 Å². The first-order valence-corrected chi connectivity index (χ1v) is 7.45. The van der Waals surface area contributed by atoms with Crippen LogP contribution in [0, 0.1) is 5.41 Å². The largest absolute Gasteiger partial charge is 0.377 e. The van der Waals surface area contributed by atoms with Gasteiger partial charge in [-0.15, -0.1) is 0 Å². The lowest BCUT2D eigenvalue weighted by Gasteiger charge is -2.40. The van der Waals surface area contributed by atoms with Gasteiger partial charge in [-0.2, -0.15) is 11.8 Å². The summed E-state index contributed by atoms with van der Waals surface area (Å²) in [5, 5.41) is 1.31. The average Bonchev–Trinajstić information content (AvgIpc) is 2.58. The molecule has 2 N–H and O–H groups in total. The summed E-state index contributed by atoms with van der Waals surface area (Å²) in [7, 11) is 0. The predicted octanol–water partition coefficient (Wildman–Crippen LogP) is 2.80. The summed E-state index contributed by atoms with van der Waals surface area (Å²) in [6, 6.07) is 0.394. The quantitative estimate of drug-likeness (QED) is 0.810. The lowest BCUT2D eigenvalue weighted by atomic mass is 9.75. The van der Waals surface area contributed by atoms with Crippen molar-refractivity contribution in [3.63, 3.8) is 0 Å². The molecule has 4 atom stereocenters. The Bertz CT molecular complexity index is 244. The minimum atomic E-state index is 0.394. The van der Waals surface area contributed by atoms with Crippen LogP contribution in [0.4, 0.5) is 0 Å². The van der Waals surface area contributed by atoms with E-state index in [2.05, 4.69) is 32.5 Å². The van der Waals surface area contributed by atoms with E-state index in [1.807, 2.05) is 0 Å². The van der Waals surface area contributed by atoms with Crippen molar-refractivity contribution in [3.8, 4) is 0 Å². The second kappa shape index (κ2) is 4.87. The summed E-state index contributed by atoms with van der Waals surface area (Å²) in [6.07, 6.45) is 5.36. The molecule has 2 nitrogen and oxygen atoms in total. The zero-order chi connectivity index (χ0) is 11.8. The van der Waals surface area contributed by atoms with Crippen molar-refractivity contribution in [1.82, 2.24) is 0 Å². The molecule has 1 heterocycles. The molecule has 0 radical (unpaired) electrons. The fourth-order valence-electron chi connectivity index (χ4n) is 2.81. The number of thioether (sulfide) groups is 1. The first kappa shape index (κ1) is 12.7. The summed E-state index contributed by atoms with van der Waals surface area (Å²) in [6.45, 7) is 7.89. The molecule has 94 valence electrons. The Morgan fingerprint density at radius 3 is 2.62 bits per heavy atom. The van der Waals surface area contributed by atoms with E-state index in [1.54, 1.807) is 0 Å². The highest BCUT2D eigenvalue weighted by atomic mass is 32.2. The second-order valence-electron chi connectivity index (χ2n) is 6.15. The van der Waals surface area contributed by atoms with E-state index in [-0.39, 0.29) is 0 Å². The zero-order valence-corrected chi connectivity index (χ0v) is 11.6. The Labute approximate surface area is 104 Å². The normalized spacial score (nSPS) is 43.5. The number of rotatable bonds is 2. The highest BCUT2D eigenvalue weighted by Gasteiger charge is 2.36. The summed E-state index contributed by atoms with van der Waals surface area (Å²) in [4.78, 5) is 0. The summed E-state index contributed by atoms with van der Waals surface area (Å²) < 4.78 is 5.63. The fraction of sp³-hybridized carbons (Fsp3) is 1.00. The molecule has 3 heteroatoms. The van der Waals surface area contributed by atoms with E-state index in [9.17, 15) is 0 Å². The highest BCUT2D eigenvalue weighted by Crippen LogP contribution is 2.42. The van der Waals surface area contributed by atoms with Crippen LogP contribution in [-0.4, -0.2) is 29.3 Å².